The summed E-state index contributed by atoms with van der Waals surface area (Å²) in [4.78, 5) is 2.56. The van der Waals surface area contributed by atoms with Gasteiger partial charge in [-0.2, -0.15) is 0 Å². The summed E-state index contributed by atoms with van der Waals surface area (Å²) in [5, 5.41) is 3.41. The summed E-state index contributed by atoms with van der Waals surface area (Å²) in [5.41, 5.74) is 5.61. The summed E-state index contributed by atoms with van der Waals surface area (Å²) >= 11 is 0. The van der Waals surface area contributed by atoms with Gasteiger partial charge in [0.05, 0.1) is 6.61 Å². The van der Waals surface area contributed by atoms with Gasteiger partial charge in [-0.15, -0.1) is 0 Å². The normalized spacial score (nSPS) is 16.2. The molecule has 0 radical (unpaired) electrons. The largest absolute Gasteiger partial charge is 0.493 e. The number of aryl methyl sites for hydroxylation is 1. The highest BCUT2D eigenvalue weighted by molar-refractivity contribution is 5.48. The molecule has 1 aliphatic heterocycles. The van der Waals surface area contributed by atoms with Gasteiger partial charge in [-0.05, 0) is 61.9 Å². The average molecular weight is 290 g/mol. The zero-order valence-electron chi connectivity index (χ0n) is 14.1. The molecule has 1 saturated heterocycles. The number of hydrogen-bond acceptors (Lipinski definition) is 3. The van der Waals surface area contributed by atoms with Crippen molar-refractivity contribution in [2.24, 2.45) is 0 Å². The Kier molecular flexibility index (Phi) is 6.07. The summed E-state index contributed by atoms with van der Waals surface area (Å²) in [6, 6.07) is 2.23. The minimum Gasteiger partial charge on any atom is -0.493 e. The van der Waals surface area contributed by atoms with E-state index in [1.165, 1.54) is 35.3 Å². The van der Waals surface area contributed by atoms with E-state index in [9.17, 15) is 0 Å². The van der Waals surface area contributed by atoms with Crippen LogP contribution in [0.15, 0.2) is 6.07 Å². The fourth-order valence-electron chi connectivity index (χ4n) is 3.05. The van der Waals surface area contributed by atoms with E-state index >= 15 is 0 Å². The van der Waals surface area contributed by atoms with Crippen molar-refractivity contribution in [2.45, 2.75) is 40.5 Å². The van der Waals surface area contributed by atoms with Gasteiger partial charge in [0.25, 0.3) is 0 Å². The van der Waals surface area contributed by atoms with Crippen LogP contribution in [-0.2, 0) is 6.42 Å². The Morgan fingerprint density at radius 2 is 1.86 bits per heavy atom. The molecule has 1 aliphatic rings. The molecule has 21 heavy (non-hydrogen) atoms. The van der Waals surface area contributed by atoms with Gasteiger partial charge in [-0.25, -0.2) is 0 Å². The lowest BCUT2D eigenvalue weighted by Gasteiger charge is -2.28. The van der Waals surface area contributed by atoms with Crippen molar-refractivity contribution in [3.8, 4) is 5.75 Å². The molecule has 0 amide bonds. The Labute approximate surface area is 129 Å². The molecule has 3 nitrogen and oxygen atoms in total. The van der Waals surface area contributed by atoms with Gasteiger partial charge >= 0.3 is 0 Å². The van der Waals surface area contributed by atoms with Gasteiger partial charge in [0.1, 0.15) is 5.75 Å². The number of piperazine rings is 1. The molecule has 1 heterocycles. The number of ether oxygens (including phenoxy) is 1. The highest BCUT2D eigenvalue weighted by Crippen LogP contribution is 2.28. The van der Waals surface area contributed by atoms with Crippen LogP contribution >= 0.6 is 0 Å². The van der Waals surface area contributed by atoms with Crippen molar-refractivity contribution in [3.63, 3.8) is 0 Å². The van der Waals surface area contributed by atoms with Crippen LogP contribution in [0.4, 0.5) is 0 Å². The van der Waals surface area contributed by atoms with Crippen LogP contribution in [-0.4, -0.2) is 44.2 Å². The summed E-state index contributed by atoms with van der Waals surface area (Å²) in [6.07, 6.45) is 2.20. The smallest absolute Gasteiger partial charge is 0.122 e. The minimum atomic E-state index is 0.805. The first-order valence-corrected chi connectivity index (χ1v) is 8.29. The Hall–Kier alpha value is -1.06. The molecule has 0 aromatic heterocycles. The molecule has 0 unspecified atom stereocenters. The Balaban J connectivity index is 2.06. The molecule has 1 fully saturated rings. The molecule has 0 atom stereocenters. The lowest BCUT2D eigenvalue weighted by molar-refractivity contribution is 0.243. The third-order valence-corrected chi connectivity index (χ3v) is 4.56. The lowest BCUT2D eigenvalue weighted by Crippen LogP contribution is -2.44. The van der Waals surface area contributed by atoms with E-state index in [1.54, 1.807) is 0 Å². The minimum absolute atomic E-state index is 0.805. The molecule has 1 aromatic carbocycles. The lowest BCUT2D eigenvalue weighted by atomic mass is 9.95. The van der Waals surface area contributed by atoms with Crippen molar-refractivity contribution < 1.29 is 4.74 Å². The highest BCUT2D eigenvalue weighted by atomic mass is 16.5. The molecule has 1 N–H and O–H groups in total. The van der Waals surface area contributed by atoms with Crippen LogP contribution in [0.2, 0.25) is 0 Å². The second-order valence-corrected chi connectivity index (χ2v) is 6.11. The predicted molar refractivity (Wildman–Crippen MR) is 89.5 cm³/mol. The monoisotopic (exact) mass is 290 g/mol. The highest BCUT2D eigenvalue weighted by Gasteiger charge is 2.14. The molecule has 118 valence electrons. The zero-order valence-corrected chi connectivity index (χ0v) is 14.1. The van der Waals surface area contributed by atoms with Crippen LogP contribution in [0.25, 0.3) is 0 Å². The molecular weight excluding hydrogens is 260 g/mol. The fourth-order valence-corrected chi connectivity index (χ4v) is 3.05. The van der Waals surface area contributed by atoms with E-state index in [4.69, 9.17) is 4.74 Å². The van der Waals surface area contributed by atoms with Crippen molar-refractivity contribution in [1.82, 2.24) is 10.2 Å². The number of benzene rings is 1. The standard InChI is InChI=1S/C18H30N2O/c1-5-12-21-18-13-14(2)17(15(3)16(18)4)6-9-20-10-7-19-8-11-20/h13,19H,5-12H2,1-4H3. The molecule has 0 spiro atoms. The van der Waals surface area contributed by atoms with Crippen LogP contribution in [0, 0.1) is 20.8 Å². The maximum absolute atomic E-state index is 5.88. The van der Waals surface area contributed by atoms with Gasteiger partial charge in [0, 0.05) is 32.7 Å². The average Bonchev–Trinajstić information content (AvgIpc) is 2.50. The Morgan fingerprint density at radius 1 is 1.14 bits per heavy atom. The fraction of sp³-hybridized carbons (Fsp3) is 0.667. The number of hydrogen-bond donors (Lipinski definition) is 1. The van der Waals surface area contributed by atoms with Crippen LogP contribution in [0.5, 0.6) is 5.75 Å². The van der Waals surface area contributed by atoms with E-state index in [2.05, 4.69) is 44.0 Å². The SMILES string of the molecule is CCCOc1cc(C)c(CCN2CCNCC2)c(C)c1C. The number of rotatable bonds is 6. The third kappa shape index (κ3) is 4.21. The number of nitrogens with zero attached hydrogens (tertiary/aromatic N) is 1. The molecule has 1 aromatic rings. The first-order chi connectivity index (χ1) is 10.1. The Bertz CT molecular complexity index is 465. The molecule has 0 aliphatic carbocycles. The molecule has 0 bridgehead atoms. The van der Waals surface area contributed by atoms with E-state index in [0.29, 0.717) is 0 Å². The van der Waals surface area contributed by atoms with Crippen molar-refractivity contribution in [1.29, 1.82) is 0 Å². The van der Waals surface area contributed by atoms with E-state index in [1.807, 2.05) is 0 Å². The quantitative estimate of drug-likeness (QED) is 0.872. The first-order valence-electron chi connectivity index (χ1n) is 8.29. The summed E-state index contributed by atoms with van der Waals surface area (Å²) in [6.45, 7) is 15.4. The first kappa shape index (κ1) is 16.3. The van der Waals surface area contributed by atoms with Crippen molar-refractivity contribution in [3.05, 3.63) is 28.3 Å². The van der Waals surface area contributed by atoms with Crippen molar-refractivity contribution >= 4 is 0 Å². The summed E-state index contributed by atoms with van der Waals surface area (Å²) in [5.74, 6) is 1.07. The van der Waals surface area contributed by atoms with Crippen molar-refractivity contribution in [2.75, 3.05) is 39.3 Å². The third-order valence-electron chi connectivity index (χ3n) is 4.56. The van der Waals surface area contributed by atoms with E-state index in [0.717, 1.165) is 44.8 Å². The summed E-state index contributed by atoms with van der Waals surface area (Å²) < 4.78 is 5.88. The predicted octanol–water partition coefficient (Wildman–Crippen LogP) is 2.85. The van der Waals surface area contributed by atoms with Crippen LogP contribution in [0.1, 0.15) is 35.6 Å². The molecule has 2 rings (SSSR count). The second kappa shape index (κ2) is 7.81. The second-order valence-electron chi connectivity index (χ2n) is 6.11. The van der Waals surface area contributed by atoms with E-state index in [-0.39, 0.29) is 0 Å². The molecule has 0 saturated carbocycles. The Morgan fingerprint density at radius 3 is 2.52 bits per heavy atom. The van der Waals surface area contributed by atoms with Crippen LogP contribution < -0.4 is 10.1 Å². The van der Waals surface area contributed by atoms with Gasteiger partial charge in [0.2, 0.25) is 0 Å². The number of nitrogens with one attached hydrogen (secondary N) is 1. The zero-order chi connectivity index (χ0) is 15.2. The van der Waals surface area contributed by atoms with E-state index < -0.39 is 0 Å². The van der Waals surface area contributed by atoms with Gasteiger partial charge in [-0.3, -0.25) is 0 Å². The maximum atomic E-state index is 5.88. The van der Waals surface area contributed by atoms with Gasteiger partial charge < -0.3 is 15.0 Å². The van der Waals surface area contributed by atoms with Gasteiger partial charge in [-0.1, -0.05) is 6.92 Å². The molecule has 3 heteroatoms. The maximum Gasteiger partial charge on any atom is 0.122 e. The summed E-state index contributed by atoms with van der Waals surface area (Å²) in [7, 11) is 0. The van der Waals surface area contributed by atoms with Gasteiger partial charge in [0.15, 0.2) is 0 Å². The van der Waals surface area contributed by atoms with Crippen LogP contribution in [0.3, 0.4) is 0 Å². The topological polar surface area (TPSA) is 24.5 Å². The molecular formula is C18H30N2O.